The lowest BCUT2D eigenvalue weighted by molar-refractivity contribution is -0.274. The second-order valence-electron chi connectivity index (χ2n) is 14.2. The van der Waals surface area contributed by atoms with Crippen molar-refractivity contribution in [1.82, 2.24) is 14.5 Å². The van der Waals surface area contributed by atoms with Crippen molar-refractivity contribution in [3.63, 3.8) is 0 Å². The summed E-state index contributed by atoms with van der Waals surface area (Å²) in [5, 5.41) is 3.19. The Morgan fingerprint density at radius 3 is 2.48 bits per heavy atom. The van der Waals surface area contributed by atoms with Crippen LogP contribution in [0.3, 0.4) is 0 Å². The molecule has 0 bridgehead atoms. The van der Waals surface area contributed by atoms with E-state index in [1.165, 1.54) is 23.0 Å². The molecule has 3 aromatic rings. The Balaban J connectivity index is 1.23. The molecule has 2 saturated carbocycles. The fourth-order valence-corrected chi connectivity index (χ4v) is 7.00. The van der Waals surface area contributed by atoms with Crippen molar-refractivity contribution >= 4 is 30.8 Å². The number of hydrogen-bond acceptors (Lipinski definition) is 7. The van der Waals surface area contributed by atoms with Gasteiger partial charge in [0, 0.05) is 19.7 Å². The van der Waals surface area contributed by atoms with E-state index >= 15 is 0 Å². The number of carbonyl (C=O) groups is 1. The van der Waals surface area contributed by atoms with Crippen LogP contribution in [0, 0.1) is 5.92 Å². The number of nitrogens with zero attached hydrogens (tertiary/aromatic N) is 3. The van der Waals surface area contributed by atoms with E-state index < -0.39 is 31.9 Å². The summed E-state index contributed by atoms with van der Waals surface area (Å²) in [6.07, 6.45) is -1.41. The third-order valence-corrected chi connectivity index (χ3v) is 14.6. The summed E-state index contributed by atoms with van der Waals surface area (Å²) >= 11 is 0. The third-order valence-electron chi connectivity index (χ3n) is 10.1. The largest absolute Gasteiger partial charge is 0.573 e. The number of amides is 1. The number of alkyl halides is 3. The molecule has 46 heavy (non-hydrogen) atoms. The maximum Gasteiger partial charge on any atom is 0.573 e. The van der Waals surface area contributed by atoms with E-state index in [1.54, 1.807) is 6.07 Å². The SMILES string of the molecule is CC(C)(C)[Si](C)(C)OCC1CC1c1ccc2c(=O)n(-c3ccc(OC(F)(F)F)c(NC(=O)C4(N5CCOCC5)CC4)c3)cnc2c1. The van der Waals surface area contributed by atoms with Gasteiger partial charge in [-0.2, -0.15) is 0 Å². The number of aromatic nitrogens is 2. The van der Waals surface area contributed by atoms with Crippen molar-refractivity contribution < 1.29 is 31.9 Å². The van der Waals surface area contributed by atoms with Gasteiger partial charge in [-0.1, -0.05) is 26.8 Å². The minimum Gasteiger partial charge on any atom is -0.417 e. The molecule has 2 aliphatic carbocycles. The van der Waals surface area contributed by atoms with Gasteiger partial charge in [0.2, 0.25) is 5.91 Å². The number of fused-ring (bicyclic) bond motifs is 1. The van der Waals surface area contributed by atoms with Crippen molar-refractivity contribution in [2.75, 3.05) is 38.2 Å². The van der Waals surface area contributed by atoms with Gasteiger partial charge in [-0.15, -0.1) is 13.2 Å². The van der Waals surface area contributed by atoms with Crippen molar-refractivity contribution in [3.8, 4) is 11.4 Å². The van der Waals surface area contributed by atoms with E-state index in [4.69, 9.17) is 9.16 Å². The van der Waals surface area contributed by atoms with Gasteiger partial charge < -0.3 is 19.2 Å². The number of rotatable bonds is 9. The fraction of sp³-hybridized carbons (Fsp3) is 0.545. The summed E-state index contributed by atoms with van der Waals surface area (Å²) in [5.74, 6) is -0.206. The van der Waals surface area contributed by atoms with E-state index in [-0.39, 0.29) is 22.0 Å². The van der Waals surface area contributed by atoms with E-state index in [9.17, 15) is 22.8 Å². The van der Waals surface area contributed by atoms with Gasteiger partial charge in [-0.05, 0) is 85.1 Å². The lowest BCUT2D eigenvalue weighted by Gasteiger charge is -2.36. The predicted octanol–water partition coefficient (Wildman–Crippen LogP) is 6.21. The molecule has 3 aliphatic rings. The maximum atomic E-state index is 13.6. The summed E-state index contributed by atoms with van der Waals surface area (Å²) in [6, 6.07) is 9.39. The summed E-state index contributed by atoms with van der Waals surface area (Å²) in [7, 11) is -1.84. The Hall–Kier alpha value is -3.26. The Labute approximate surface area is 267 Å². The lowest BCUT2D eigenvalue weighted by Crippen LogP contribution is -2.51. The molecule has 3 fully saturated rings. The first kappa shape index (κ1) is 32.7. The Morgan fingerprint density at radius 1 is 1.11 bits per heavy atom. The van der Waals surface area contributed by atoms with Gasteiger partial charge in [-0.25, -0.2) is 4.98 Å². The molecule has 0 spiro atoms. The Bertz CT molecular complexity index is 1690. The number of nitrogens with one attached hydrogen (secondary N) is 1. The minimum absolute atomic E-state index is 0.143. The van der Waals surface area contributed by atoms with Crippen LogP contribution in [0.15, 0.2) is 47.5 Å². The van der Waals surface area contributed by atoms with Crippen molar-refractivity contribution in [2.24, 2.45) is 5.92 Å². The third kappa shape index (κ3) is 6.60. The van der Waals surface area contributed by atoms with E-state index in [0.29, 0.717) is 68.5 Å². The minimum atomic E-state index is -4.97. The maximum absolute atomic E-state index is 13.6. The number of ether oxygens (including phenoxy) is 2. The van der Waals surface area contributed by atoms with E-state index in [0.717, 1.165) is 18.1 Å². The molecule has 6 rings (SSSR count). The highest BCUT2D eigenvalue weighted by Gasteiger charge is 2.55. The van der Waals surface area contributed by atoms with Crippen LogP contribution in [-0.2, 0) is 14.0 Å². The first-order valence-corrected chi connectivity index (χ1v) is 18.7. The molecule has 1 amide bonds. The van der Waals surface area contributed by atoms with Gasteiger partial charge >= 0.3 is 6.36 Å². The quantitative estimate of drug-likeness (QED) is 0.273. The molecule has 2 aromatic carbocycles. The van der Waals surface area contributed by atoms with Crippen LogP contribution in [0.4, 0.5) is 18.9 Å². The van der Waals surface area contributed by atoms with E-state index in [1.807, 2.05) is 17.0 Å². The van der Waals surface area contributed by atoms with Gasteiger partial charge in [-0.3, -0.25) is 19.1 Å². The second-order valence-corrected chi connectivity index (χ2v) is 19.0. The summed E-state index contributed by atoms with van der Waals surface area (Å²) in [5.41, 5.74) is 0.538. The van der Waals surface area contributed by atoms with Gasteiger partial charge in [0.1, 0.15) is 11.9 Å². The Kier molecular flexibility index (Phi) is 8.35. The smallest absolute Gasteiger partial charge is 0.417 e. The van der Waals surface area contributed by atoms with Crippen molar-refractivity contribution in [1.29, 1.82) is 0 Å². The number of hydrogen-bond donors (Lipinski definition) is 1. The standard InChI is InChI=1S/C33H41F3N4O5Si/c1-31(2,3)46(4,5)44-19-22-16-25(22)21-6-8-24-26(17-21)37-20-40(29(24)41)23-7-9-28(45-33(34,35)36)27(18-23)38-30(42)32(10-11-32)39-12-14-43-15-13-39/h6-9,17-18,20,22,25H,10-16,19H2,1-5H3,(H,38,42). The fourth-order valence-electron chi connectivity index (χ4n) is 5.94. The molecule has 2 atom stereocenters. The predicted molar refractivity (Wildman–Crippen MR) is 171 cm³/mol. The summed E-state index contributed by atoms with van der Waals surface area (Å²) < 4.78 is 57.2. The van der Waals surface area contributed by atoms with Crippen LogP contribution in [0.2, 0.25) is 18.1 Å². The highest BCUT2D eigenvalue weighted by Crippen LogP contribution is 2.49. The Morgan fingerprint density at radius 2 is 1.83 bits per heavy atom. The van der Waals surface area contributed by atoms with Crippen LogP contribution >= 0.6 is 0 Å². The molecule has 1 aliphatic heterocycles. The first-order chi connectivity index (χ1) is 21.6. The average Bonchev–Trinajstić information content (AvgIpc) is 3.92. The van der Waals surface area contributed by atoms with Crippen LogP contribution < -0.4 is 15.6 Å². The summed E-state index contributed by atoms with van der Waals surface area (Å²) in [6.45, 7) is 14.0. The molecule has 2 unspecified atom stereocenters. The van der Waals surface area contributed by atoms with Crippen molar-refractivity contribution in [3.05, 3.63) is 58.6 Å². The van der Waals surface area contributed by atoms with Crippen LogP contribution in [-0.4, -0.2) is 73.5 Å². The molecule has 2 heterocycles. The number of morpholine rings is 1. The van der Waals surface area contributed by atoms with Crippen LogP contribution in [0.1, 0.15) is 51.5 Å². The number of benzene rings is 2. The van der Waals surface area contributed by atoms with Crippen molar-refractivity contribution in [2.45, 2.75) is 76.0 Å². The average molecular weight is 659 g/mol. The second kappa shape index (κ2) is 11.8. The zero-order valence-corrected chi connectivity index (χ0v) is 27.9. The molecule has 0 radical (unpaired) electrons. The molecular formula is C33H41F3N4O5Si. The summed E-state index contributed by atoms with van der Waals surface area (Å²) in [4.78, 5) is 33.6. The zero-order valence-electron chi connectivity index (χ0n) is 26.9. The van der Waals surface area contributed by atoms with Gasteiger partial charge in [0.25, 0.3) is 5.56 Å². The molecule has 13 heteroatoms. The highest BCUT2D eigenvalue weighted by molar-refractivity contribution is 6.74. The topological polar surface area (TPSA) is 94.9 Å². The number of halogens is 3. The van der Waals surface area contributed by atoms with Gasteiger partial charge in [0.15, 0.2) is 14.1 Å². The number of carbonyl (C=O) groups excluding carboxylic acids is 1. The molecule has 248 valence electrons. The molecule has 1 N–H and O–H groups in total. The molecule has 1 saturated heterocycles. The van der Waals surface area contributed by atoms with Crippen LogP contribution in [0.25, 0.3) is 16.6 Å². The van der Waals surface area contributed by atoms with Gasteiger partial charge in [0.05, 0.1) is 35.5 Å². The zero-order chi connectivity index (χ0) is 33.1. The van der Waals surface area contributed by atoms with Crippen LogP contribution in [0.5, 0.6) is 5.75 Å². The first-order valence-electron chi connectivity index (χ1n) is 15.8. The monoisotopic (exact) mass is 658 g/mol. The molecule has 9 nitrogen and oxygen atoms in total. The lowest BCUT2D eigenvalue weighted by atomic mass is 10.1. The highest BCUT2D eigenvalue weighted by atomic mass is 28.4. The molecule has 1 aromatic heterocycles. The number of anilines is 1. The van der Waals surface area contributed by atoms with E-state index in [2.05, 4.69) is 48.9 Å². The molecular weight excluding hydrogens is 617 g/mol. The normalized spacial score (nSPS) is 21.7.